The van der Waals surface area contributed by atoms with Crippen molar-refractivity contribution in [2.75, 3.05) is 38.1 Å². The van der Waals surface area contributed by atoms with Gasteiger partial charge in [-0.1, -0.05) is 0 Å². The van der Waals surface area contributed by atoms with Crippen LogP contribution in [0.5, 0.6) is 0 Å². The molecule has 0 spiro atoms. The van der Waals surface area contributed by atoms with Gasteiger partial charge in [-0.25, -0.2) is 28.8 Å². The Morgan fingerprint density at radius 1 is 0.875 bits per heavy atom. The Labute approximate surface area is 235 Å². The fourth-order valence-corrected chi connectivity index (χ4v) is 5.03. The van der Waals surface area contributed by atoms with E-state index in [-0.39, 0.29) is 16.7 Å². The van der Waals surface area contributed by atoms with E-state index in [4.69, 9.17) is 29.9 Å². The number of methoxy groups -OCH3 is 1. The summed E-state index contributed by atoms with van der Waals surface area (Å²) in [6, 6.07) is 4.60. The van der Waals surface area contributed by atoms with Crippen LogP contribution in [0, 0.1) is 0 Å². The predicted octanol–water partition coefficient (Wildman–Crippen LogP) is 1.99. The zero-order valence-electron chi connectivity index (χ0n) is 21.2. The summed E-state index contributed by atoms with van der Waals surface area (Å²) in [7, 11) is 16.0. The number of hydrogen-bond donors (Lipinski definition) is 2. The van der Waals surface area contributed by atoms with E-state index in [0.29, 0.717) is 19.4 Å². The molecule has 0 unspecified atom stereocenters. The predicted molar refractivity (Wildman–Crippen MR) is 149 cm³/mol. The lowest BCUT2D eigenvalue weighted by Gasteiger charge is -2.20. The van der Waals surface area contributed by atoms with E-state index in [0.717, 1.165) is 16.1 Å². The van der Waals surface area contributed by atoms with Gasteiger partial charge in [0.2, 0.25) is 16.0 Å². The molecule has 0 atom stereocenters. The Bertz CT molecular complexity index is 1740. The van der Waals surface area contributed by atoms with E-state index < -0.39 is 40.8 Å². The molecule has 14 nitrogen and oxygen atoms in total. The first kappa shape index (κ1) is 30.0. The molecule has 4 amide bonds. The van der Waals surface area contributed by atoms with Gasteiger partial charge >= 0.3 is 35.3 Å². The summed E-state index contributed by atoms with van der Waals surface area (Å²) in [5, 5.41) is 11.8. The third-order valence-corrected chi connectivity index (χ3v) is 7.41. The smallest absolute Gasteiger partial charge is 0.351 e. The van der Waals surface area contributed by atoms with Crippen molar-refractivity contribution in [3.63, 3.8) is 0 Å². The molecule has 204 valence electrons. The van der Waals surface area contributed by atoms with Crippen LogP contribution in [0.25, 0.3) is 20.6 Å². The van der Waals surface area contributed by atoms with Gasteiger partial charge in [-0.15, -0.1) is 22.7 Å². The summed E-state index contributed by atoms with van der Waals surface area (Å²) in [5.41, 5.74) is -1.87. The summed E-state index contributed by atoms with van der Waals surface area (Å²) in [4.78, 5) is 71.9. The molecule has 4 radical (unpaired) electrons. The van der Waals surface area contributed by atoms with Gasteiger partial charge in [0.1, 0.15) is 21.1 Å². The number of amides is 4. The van der Waals surface area contributed by atoms with Gasteiger partial charge in [0.25, 0.3) is 0 Å². The van der Waals surface area contributed by atoms with Crippen molar-refractivity contribution in [1.29, 1.82) is 0 Å². The lowest BCUT2D eigenvalue weighted by Crippen LogP contribution is -2.36. The quantitative estimate of drug-likeness (QED) is 0.266. The highest BCUT2D eigenvalue weighted by Gasteiger charge is 2.20. The highest BCUT2D eigenvalue weighted by atomic mass is 32.1. The number of carbonyl (C=O) groups excluding carboxylic acids is 3. The van der Waals surface area contributed by atoms with Gasteiger partial charge < -0.3 is 28.7 Å². The Morgan fingerprint density at radius 3 is 1.80 bits per heavy atom. The topological polar surface area (TPSA) is 180 Å². The van der Waals surface area contributed by atoms with Gasteiger partial charge in [0.15, 0.2) is 11.2 Å². The van der Waals surface area contributed by atoms with E-state index in [2.05, 4.69) is 4.74 Å². The van der Waals surface area contributed by atoms with Crippen molar-refractivity contribution in [2.45, 2.75) is 0 Å². The Kier molecular flexibility index (Phi) is 9.06. The summed E-state index contributed by atoms with van der Waals surface area (Å²) in [6.45, 7) is 0. The second-order valence-electron chi connectivity index (χ2n) is 7.78. The Morgan fingerprint density at radius 2 is 1.35 bits per heavy atom. The van der Waals surface area contributed by atoms with Crippen molar-refractivity contribution < 1.29 is 37.9 Å². The zero-order chi connectivity index (χ0) is 29.9. The van der Waals surface area contributed by atoms with Crippen LogP contribution in [0.2, 0.25) is 0 Å². The monoisotopic (exact) mass is 584 g/mol. The minimum absolute atomic E-state index is 0.195. The molecule has 0 saturated carbocycles. The molecule has 2 N–H and O–H groups in total. The number of anilines is 2. The van der Waals surface area contributed by atoms with Crippen molar-refractivity contribution >= 4 is 93.2 Å². The number of hydrogen-bond acceptors (Lipinski definition) is 11. The van der Waals surface area contributed by atoms with Crippen molar-refractivity contribution in [3.8, 4) is 0 Å². The molecule has 0 aliphatic heterocycles. The van der Waals surface area contributed by atoms with Crippen LogP contribution in [0.3, 0.4) is 0 Å². The number of carbonyl (C=O) groups is 4. The lowest BCUT2D eigenvalue weighted by molar-refractivity contribution is 0.0595. The molecular weight excluding hydrogens is 566 g/mol. The maximum absolute atomic E-state index is 11.7. The van der Waals surface area contributed by atoms with Gasteiger partial charge in [0, 0.05) is 26.2 Å². The number of ether oxygens (including phenoxy) is 1. The number of nitrogens with zero attached hydrogens (tertiary/aromatic N) is 3. The lowest BCUT2D eigenvalue weighted by atomic mass is 10.3. The first-order valence-corrected chi connectivity index (χ1v) is 12.4. The second-order valence-corrected chi connectivity index (χ2v) is 9.90. The number of nitrogens with one attached hydrogen (secondary N) is 1. The second kappa shape index (κ2) is 12.1. The normalized spacial score (nSPS) is 10.4. The summed E-state index contributed by atoms with van der Waals surface area (Å²) >= 11 is 2.29. The molecule has 0 aliphatic carbocycles. The number of rotatable bonds is 4. The zero-order valence-corrected chi connectivity index (χ0v) is 22.9. The van der Waals surface area contributed by atoms with Gasteiger partial charge in [0.05, 0.1) is 16.5 Å². The fourth-order valence-electron chi connectivity index (χ4n) is 3.06. The summed E-state index contributed by atoms with van der Waals surface area (Å²) in [6.07, 6.45) is 0. The third kappa shape index (κ3) is 6.18. The average Bonchev–Trinajstić information content (AvgIpc) is 3.53. The van der Waals surface area contributed by atoms with Crippen LogP contribution in [-0.4, -0.2) is 78.1 Å². The molecule has 18 heteroatoms. The molecule has 4 aromatic rings. The van der Waals surface area contributed by atoms with Crippen LogP contribution < -0.4 is 26.3 Å². The highest BCUT2D eigenvalue weighted by Crippen LogP contribution is 2.33. The molecular formula is C22H18B2N4O10S2. The summed E-state index contributed by atoms with van der Waals surface area (Å²) in [5.74, 6) is -2.13. The van der Waals surface area contributed by atoms with Crippen LogP contribution in [0.15, 0.2) is 42.7 Å². The van der Waals surface area contributed by atoms with E-state index in [1.54, 1.807) is 0 Å². The molecule has 0 saturated heterocycles. The number of thiophene rings is 2. The van der Waals surface area contributed by atoms with E-state index in [1.165, 1.54) is 73.7 Å². The van der Waals surface area contributed by atoms with Crippen LogP contribution in [0.4, 0.5) is 19.6 Å². The first-order chi connectivity index (χ1) is 18.8. The highest BCUT2D eigenvalue weighted by molar-refractivity contribution is 7.23. The van der Waals surface area contributed by atoms with Crippen LogP contribution in [-0.2, 0) is 4.74 Å². The number of carboxylic acid groups (broad SMARTS) is 1. The van der Waals surface area contributed by atoms with Gasteiger partial charge in [-0.2, -0.15) is 0 Å². The number of esters is 1. The largest absolute Gasteiger partial charge is 0.477 e. The summed E-state index contributed by atoms with van der Waals surface area (Å²) < 4.78 is 15.4. The molecule has 0 aliphatic rings. The Balaban J connectivity index is 0.000000220. The van der Waals surface area contributed by atoms with Crippen LogP contribution >= 0.6 is 22.7 Å². The van der Waals surface area contributed by atoms with Crippen molar-refractivity contribution in [3.05, 3.63) is 56.2 Å². The van der Waals surface area contributed by atoms with E-state index in [9.17, 15) is 28.8 Å². The minimum Gasteiger partial charge on any atom is -0.477 e. The van der Waals surface area contributed by atoms with Crippen molar-refractivity contribution in [1.82, 2.24) is 10.0 Å². The molecule has 4 heterocycles. The maximum atomic E-state index is 11.7. The van der Waals surface area contributed by atoms with E-state index in [1.807, 2.05) is 5.23 Å². The first-order valence-electron chi connectivity index (χ1n) is 10.8. The molecule has 40 heavy (non-hydrogen) atoms. The molecule has 4 rings (SSSR count). The van der Waals surface area contributed by atoms with E-state index >= 15 is 0 Å². The van der Waals surface area contributed by atoms with Gasteiger partial charge in [-0.3, -0.25) is 9.80 Å². The fraction of sp³-hybridized carbons (Fsp3) is 0.182. The number of fused-ring (bicyclic) bond motifs is 2. The average molecular weight is 584 g/mol. The number of aromatic carboxylic acids is 1. The number of urea groups is 2. The van der Waals surface area contributed by atoms with Crippen molar-refractivity contribution in [2.24, 2.45) is 0 Å². The number of carboxylic acids is 1. The molecule has 0 fully saturated rings. The molecule has 0 aromatic carbocycles. The molecule has 4 aromatic heterocycles. The molecule has 0 bridgehead atoms. The van der Waals surface area contributed by atoms with Crippen LogP contribution in [0.1, 0.15) is 20.7 Å². The van der Waals surface area contributed by atoms with Gasteiger partial charge in [-0.05, 0) is 19.2 Å². The Hall–Kier alpha value is -4.57. The minimum atomic E-state index is -1.36. The maximum Gasteiger partial charge on any atom is 0.351 e. The third-order valence-electron chi connectivity index (χ3n) is 5.13. The SMILES string of the molecule is [B]N(C)C(=O)N(C)c1cc2oc(=O)c(C(=O)O)cc2s1.[B]NC(=O)N(C)c1cc2oc(=O)c(C(=O)OC)cc2s1. The standard InChI is InChI=1S/2C11H9BN2O5S/c1-14(11(17)13-12)8-4-6-7(20-8)3-5(9(15)18-2)10(16)19-6;1-13(11(18)14(2)12)8-4-6-7(20-8)3-5(9(15)16)10(17)19-6/h3-4H,1-2H3,(H,13,17);3-4H,1-2H3,(H,15,16).